The molecule has 36 heavy (non-hydrogen) atoms. The van der Waals surface area contributed by atoms with Crippen LogP contribution < -0.4 is 5.32 Å². The van der Waals surface area contributed by atoms with Crippen molar-refractivity contribution in [1.29, 1.82) is 0 Å². The summed E-state index contributed by atoms with van der Waals surface area (Å²) in [5, 5.41) is 17.1. The molecule has 3 aromatic rings. The van der Waals surface area contributed by atoms with Gasteiger partial charge in [-0.05, 0) is 30.4 Å². The van der Waals surface area contributed by atoms with Crippen molar-refractivity contribution >= 4 is 17.8 Å². The van der Waals surface area contributed by atoms with Gasteiger partial charge in [-0.25, -0.2) is 9.97 Å². The van der Waals surface area contributed by atoms with Crippen LogP contribution in [0, 0.1) is 0 Å². The van der Waals surface area contributed by atoms with Gasteiger partial charge in [0.25, 0.3) is 0 Å². The third-order valence-corrected chi connectivity index (χ3v) is 6.94. The second kappa shape index (κ2) is 10.4. The van der Waals surface area contributed by atoms with Gasteiger partial charge in [0.1, 0.15) is 13.2 Å². The van der Waals surface area contributed by atoms with Crippen LogP contribution >= 0.6 is 0 Å². The van der Waals surface area contributed by atoms with E-state index >= 15 is 0 Å². The Bertz CT molecular complexity index is 1210. The molecule has 1 saturated heterocycles. The van der Waals surface area contributed by atoms with Gasteiger partial charge in [-0.3, -0.25) is 14.3 Å². The largest absolute Gasteiger partial charge is 0.387 e. The summed E-state index contributed by atoms with van der Waals surface area (Å²) in [5.41, 5.74) is 5.42. The molecule has 2 aliphatic rings. The van der Waals surface area contributed by atoms with E-state index in [9.17, 15) is 9.59 Å². The first-order valence-electron chi connectivity index (χ1n) is 12.4. The molecule has 5 rings (SSSR count). The van der Waals surface area contributed by atoms with Gasteiger partial charge < -0.3 is 20.2 Å². The van der Waals surface area contributed by atoms with E-state index in [1.807, 2.05) is 13.1 Å². The minimum absolute atomic E-state index is 0.0452. The van der Waals surface area contributed by atoms with E-state index in [2.05, 4.69) is 44.6 Å². The van der Waals surface area contributed by atoms with Crippen molar-refractivity contribution in [3.05, 3.63) is 59.7 Å². The normalized spacial score (nSPS) is 15.7. The summed E-state index contributed by atoms with van der Waals surface area (Å²) in [6.07, 6.45) is 8.14. The van der Waals surface area contributed by atoms with E-state index in [-0.39, 0.29) is 24.4 Å². The topological polar surface area (TPSA) is 116 Å². The molecule has 0 radical (unpaired) electrons. The van der Waals surface area contributed by atoms with Gasteiger partial charge in [0, 0.05) is 61.9 Å². The lowest BCUT2D eigenvalue weighted by Gasteiger charge is -2.34. The van der Waals surface area contributed by atoms with Crippen molar-refractivity contribution in [2.45, 2.75) is 38.8 Å². The summed E-state index contributed by atoms with van der Waals surface area (Å²) >= 11 is 0. The first-order chi connectivity index (χ1) is 17.5. The fourth-order valence-electron chi connectivity index (χ4n) is 4.97. The number of aliphatic hydroxyl groups is 1. The average Bonchev–Trinajstić information content (AvgIpc) is 3.52. The smallest absolute Gasteiger partial charge is 0.248 e. The molecule has 1 fully saturated rings. The van der Waals surface area contributed by atoms with Crippen LogP contribution in [0.1, 0.15) is 23.7 Å². The fraction of sp³-hybridized carbons (Fsp3) is 0.423. The van der Waals surface area contributed by atoms with Gasteiger partial charge in [0.2, 0.25) is 17.8 Å². The van der Waals surface area contributed by atoms with Crippen LogP contribution in [0.25, 0.3) is 11.1 Å². The quantitative estimate of drug-likeness (QED) is 0.511. The van der Waals surface area contributed by atoms with Crippen LogP contribution in [0.4, 0.5) is 5.95 Å². The molecule has 0 saturated carbocycles. The molecule has 188 valence electrons. The molecule has 2 amide bonds. The lowest BCUT2D eigenvalue weighted by Crippen LogP contribution is -2.51. The molecule has 1 aromatic carbocycles. The van der Waals surface area contributed by atoms with E-state index in [0.717, 1.165) is 36.1 Å². The predicted molar refractivity (Wildman–Crippen MR) is 134 cm³/mol. The number of anilines is 1. The number of hydrogen-bond donors (Lipinski definition) is 2. The van der Waals surface area contributed by atoms with Crippen LogP contribution in [0.2, 0.25) is 0 Å². The summed E-state index contributed by atoms with van der Waals surface area (Å²) in [6.45, 7) is 3.43. The summed E-state index contributed by atoms with van der Waals surface area (Å²) in [6, 6.07) is 8.79. The van der Waals surface area contributed by atoms with E-state index in [1.54, 1.807) is 26.9 Å². The van der Waals surface area contributed by atoms with Crippen LogP contribution in [0.5, 0.6) is 0 Å². The monoisotopic (exact) mass is 489 g/mol. The number of aliphatic hydroxyl groups excluding tert-OH is 1. The number of carbonyl (C=O) groups excluding carboxylic acids is 2. The highest BCUT2D eigenvalue weighted by Crippen LogP contribution is 2.25. The number of fused-ring (bicyclic) bond motifs is 1. The van der Waals surface area contributed by atoms with E-state index < -0.39 is 6.61 Å². The summed E-state index contributed by atoms with van der Waals surface area (Å²) in [4.78, 5) is 36.9. The van der Waals surface area contributed by atoms with Crippen molar-refractivity contribution in [3.8, 4) is 11.1 Å². The van der Waals surface area contributed by atoms with Gasteiger partial charge in [-0.2, -0.15) is 5.10 Å². The Morgan fingerprint density at radius 2 is 1.61 bits per heavy atom. The Balaban J connectivity index is 1.21. The molecule has 2 N–H and O–H groups in total. The lowest BCUT2D eigenvalue weighted by atomic mass is 10.1. The zero-order valence-corrected chi connectivity index (χ0v) is 20.4. The number of nitrogens with zero attached hydrogens (tertiary/aromatic N) is 6. The fourth-order valence-corrected chi connectivity index (χ4v) is 4.97. The molecule has 0 bridgehead atoms. The molecule has 0 atom stereocenters. The highest BCUT2D eigenvalue weighted by atomic mass is 16.3. The molecule has 1 aliphatic heterocycles. The Hall–Kier alpha value is -3.79. The second-order valence-electron chi connectivity index (χ2n) is 9.27. The molecule has 0 spiro atoms. The van der Waals surface area contributed by atoms with E-state index in [0.29, 0.717) is 32.1 Å². The van der Waals surface area contributed by atoms with Crippen molar-refractivity contribution in [1.82, 2.24) is 29.5 Å². The highest BCUT2D eigenvalue weighted by Gasteiger charge is 2.25. The molecule has 1 aliphatic carbocycles. The number of benzene rings is 1. The molecule has 2 aromatic heterocycles. The molecule has 10 nitrogen and oxygen atoms in total. The number of carbonyl (C=O) groups is 2. The zero-order chi connectivity index (χ0) is 25.1. The molecule has 0 unspecified atom stereocenters. The third kappa shape index (κ3) is 5.08. The first-order valence-corrected chi connectivity index (χ1v) is 12.4. The molecule has 10 heteroatoms. The molecular weight excluding hydrogens is 458 g/mol. The zero-order valence-electron chi connectivity index (χ0n) is 20.4. The molecule has 3 heterocycles. The van der Waals surface area contributed by atoms with Crippen molar-refractivity contribution in [2.75, 3.05) is 38.1 Å². The van der Waals surface area contributed by atoms with Gasteiger partial charge in [-0.1, -0.05) is 31.2 Å². The van der Waals surface area contributed by atoms with Gasteiger partial charge in [-0.15, -0.1) is 0 Å². The Morgan fingerprint density at radius 3 is 2.19 bits per heavy atom. The standard InChI is InChI=1S/C26H31N7O3/c1-2-23-22(15-33(30-23)16-24(35)31-7-9-32(10-8-31)25(36)17-34)20-13-27-26(28-14-20)29-21-11-18-5-3-4-6-19(18)12-21/h3-6,13-15,21,34H,2,7-12,16-17H2,1H3,(H,27,28,29). The Kier molecular flexibility index (Phi) is 6.95. The summed E-state index contributed by atoms with van der Waals surface area (Å²) < 4.78 is 1.67. The third-order valence-electron chi connectivity index (χ3n) is 6.94. The molecular formula is C26H31N7O3. The Labute approximate surface area is 210 Å². The van der Waals surface area contributed by atoms with E-state index in [1.165, 1.54) is 11.1 Å². The maximum atomic E-state index is 12.8. The van der Waals surface area contributed by atoms with Crippen LogP contribution in [0.3, 0.4) is 0 Å². The number of piperazine rings is 1. The SMILES string of the molecule is CCc1nn(CC(=O)N2CCN(C(=O)CO)CC2)cc1-c1cnc(NC2Cc3ccccc3C2)nc1. The van der Waals surface area contributed by atoms with Crippen LogP contribution in [-0.4, -0.2) is 85.3 Å². The number of hydrogen-bond acceptors (Lipinski definition) is 7. The van der Waals surface area contributed by atoms with Crippen molar-refractivity contribution < 1.29 is 14.7 Å². The average molecular weight is 490 g/mol. The number of nitrogens with one attached hydrogen (secondary N) is 1. The van der Waals surface area contributed by atoms with E-state index in [4.69, 9.17) is 5.11 Å². The summed E-state index contributed by atoms with van der Waals surface area (Å²) in [7, 11) is 0. The first kappa shape index (κ1) is 23.9. The van der Waals surface area contributed by atoms with Crippen molar-refractivity contribution in [2.24, 2.45) is 0 Å². The summed E-state index contributed by atoms with van der Waals surface area (Å²) in [5.74, 6) is 0.260. The number of aromatic nitrogens is 4. The lowest BCUT2D eigenvalue weighted by molar-refractivity contribution is -0.141. The van der Waals surface area contributed by atoms with Crippen LogP contribution in [0.15, 0.2) is 42.9 Å². The van der Waals surface area contributed by atoms with Gasteiger partial charge in [0.15, 0.2) is 0 Å². The number of rotatable bonds is 7. The minimum Gasteiger partial charge on any atom is -0.387 e. The minimum atomic E-state index is -0.501. The Morgan fingerprint density at radius 1 is 1.00 bits per heavy atom. The van der Waals surface area contributed by atoms with Gasteiger partial charge in [0.05, 0.1) is 5.69 Å². The number of amides is 2. The maximum absolute atomic E-state index is 12.8. The van der Waals surface area contributed by atoms with Gasteiger partial charge >= 0.3 is 0 Å². The number of aryl methyl sites for hydroxylation is 1. The van der Waals surface area contributed by atoms with Crippen molar-refractivity contribution in [3.63, 3.8) is 0 Å². The van der Waals surface area contributed by atoms with Crippen LogP contribution in [-0.2, 0) is 35.4 Å². The maximum Gasteiger partial charge on any atom is 0.248 e. The highest BCUT2D eigenvalue weighted by molar-refractivity contribution is 5.79. The second-order valence-corrected chi connectivity index (χ2v) is 9.27. The predicted octanol–water partition coefficient (Wildman–Crippen LogP) is 1.14.